The molecule has 1 aromatic carbocycles. The molecule has 0 bridgehead atoms. The largest absolute Gasteiger partial charge is 0.377 e. The number of benzene rings is 1. The maximum atomic E-state index is 12.2. The van der Waals surface area contributed by atoms with Gasteiger partial charge in [-0.25, -0.2) is 13.1 Å². The third-order valence-corrected chi connectivity index (χ3v) is 6.50. The van der Waals surface area contributed by atoms with E-state index in [0.717, 1.165) is 30.4 Å². The Morgan fingerprint density at radius 1 is 1.23 bits per heavy atom. The first-order valence-electron chi connectivity index (χ1n) is 10.6. The van der Waals surface area contributed by atoms with Crippen LogP contribution in [0.2, 0.25) is 0 Å². The van der Waals surface area contributed by atoms with Gasteiger partial charge in [-0.3, -0.25) is 9.67 Å². The van der Waals surface area contributed by atoms with E-state index in [2.05, 4.69) is 37.6 Å². The highest BCUT2D eigenvalue weighted by molar-refractivity contribution is 7.89. The zero-order chi connectivity index (χ0) is 21.9. The molecular formula is C21H32N6O3S. The van der Waals surface area contributed by atoms with Crippen molar-refractivity contribution in [1.29, 1.82) is 0 Å². The van der Waals surface area contributed by atoms with E-state index < -0.39 is 10.0 Å². The summed E-state index contributed by atoms with van der Waals surface area (Å²) in [5, 5.41) is 10.6. The zero-order valence-electron chi connectivity index (χ0n) is 18.0. The fourth-order valence-corrected chi connectivity index (χ4v) is 4.37. The first-order chi connectivity index (χ1) is 15.1. The molecule has 1 unspecified atom stereocenters. The molecule has 0 spiro atoms. The molecule has 3 rings (SSSR count). The van der Waals surface area contributed by atoms with Crippen molar-refractivity contribution in [1.82, 2.24) is 25.1 Å². The molecular weight excluding hydrogens is 416 g/mol. The summed E-state index contributed by atoms with van der Waals surface area (Å²) in [7, 11) is -1.71. The van der Waals surface area contributed by atoms with Crippen molar-refractivity contribution in [3.05, 3.63) is 53.9 Å². The Labute approximate surface area is 184 Å². The standard InChI is InChI=1S/C21H32N6O3S/c1-22-21(23-11-14-31(28,29)26-16-20-9-4-5-13-30-20)24-15-18-7-2-3-8-19(18)17-27-12-6-10-25-27/h2-3,6-8,10,12,20,26H,4-5,9,11,13-17H2,1H3,(H2,22,23,24). The second kappa shape index (κ2) is 11.8. The Hall–Kier alpha value is -2.43. The van der Waals surface area contributed by atoms with Gasteiger partial charge in [-0.15, -0.1) is 0 Å². The van der Waals surface area contributed by atoms with E-state index >= 15 is 0 Å². The lowest BCUT2D eigenvalue weighted by atomic mass is 10.1. The second-order valence-electron chi connectivity index (χ2n) is 7.48. The molecule has 0 radical (unpaired) electrons. The summed E-state index contributed by atoms with van der Waals surface area (Å²) >= 11 is 0. The van der Waals surface area contributed by atoms with Crippen molar-refractivity contribution in [3.8, 4) is 0 Å². The molecule has 170 valence electrons. The molecule has 10 heteroatoms. The van der Waals surface area contributed by atoms with Crippen LogP contribution in [0.5, 0.6) is 0 Å². The molecule has 1 aliphatic heterocycles. The van der Waals surface area contributed by atoms with Crippen LogP contribution in [0, 0.1) is 0 Å². The minimum absolute atomic E-state index is 0.0206. The summed E-state index contributed by atoms with van der Waals surface area (Å²) in [4.78, 5) is 4.19. The van der Waals surface area contributed by atoms with Gasteiger partial charge in [0.2, 0.25) is 10.0 Å². The number of hydrogen-bond acceptors (Lipinski definition) is 5. The first kappa shape index (κ1) is 23.2. The molecule has 31 heavy (non-hydrogen) atoms. The van der Waals surface area contributed by atoms with E-state index in [9.17, 15) is 8.42 Å². The zero-order valence-corrected chi connectivity index (χ0v) is 18.8. The average Bonchev–Trinajstić information content (AvgIpc) is 3.29. The Kier molecular flexibility index (Phi) is 8.86. The van der Waals surface area contributed by atoms with E-state index in [1.807, 2.05) is 29.1 Å². The molecule has 0 amide bonds. The Morgan fingerprint density at radius 2 is 2.06 bits per heavy atom. The van der Waals surface area contributed by atoms with Crippen LogP contribution in [0.15, 0.2) is 47.7 Å². The normalized spacial score (nSPS) is 17.5. The van der Waals surface area contributed by atoms with E-state index in [1.54, 1.807) is 13.2 Å². The number of nitrogens with zero attached hydrogens (tertiary/aromatic N) is 3. The number of aromatic nitrogens is 2. The Morgan fingerprint density at radius 3 is 2.77 bits per heavy atom. The van der Waals surface area contributed by atoms with Crippen molar-refractivity contribution >= 4 is 16.0 Å². The van der Waals surface area contributed by atoms with Gasteiger partial charge in [0.05, 0.1) is 18.4 Å². The third kappa shape index (κ3) is 7.97. The van der Waals surface area contributed by atoms with Gasteiger partial charge < -0.3 is 15.4 Å². The van der Waals surface area contributed by atoms with Crippen LogP contribution in [-0.4, -0.2) is 62.8 Å². The number of aliphatic imine (C=N–C) groups is 1. The number of rotatable bonds is 10. The lowest BCUT2D eigenvalue weighted by Crippen LogP contribution is -2.42. The van der Waals surface area contributed by atoms with E-state index in [4.69, 9.17) is 4.74 Å². The maximum absolute atomic E-state index is 12.2. The van der Waals surface area contributed by atoms with Gasteiger partial charge in [0.1, 0.15) is 0 Å². The molecule has 1 saturated heterocycles. The second-order valence-corrected chi connectivity index (χ2v) is 9.41. The average molecular weight is 449 g/mol. The molecule has 2 aromatic rings. The minimum Gasteiger partial charge on any atom is -0.377 e. The molecule has 1 aromatic heterocycles. The van der Waals surface area contributed by atoms with E-state index in [1.165, 1.54) is 0 Å². The van der Waals surface area contributed by atoms with Gasteiger partial charge in [-0.1, -0.05) is 24.3 Å². The van der Waals surface area contributed by atoms with Crippen LogP contribution in [-0.2, 0) is 27.8 Å². The van der Waals surface area contributed by atoms with Gasteiger partial charge >= 0.3 is 0 Å². The quantitative estimate of drug-likeness (QED) is 0.371. The van der Waals surface area contributed by atoms with Crippen LogP contribution in [0.4, 0.5) is 0 Å². The fourth-order valence-electron chi connectivity index (χ4n) is 3.42. The summed E-state index contributed by atoms with van der Waals surface area (Å²) in [5.41, 5.74) is 2.29. The lowest BCUT2D eigenvalue weighted by molar-refractivity contribution is 0.0200. The van der Waals surface area contributed by atoms with Crippen LogP contribution in [0.1, 0.15) is 30.4 Å². The SMILES string of the molecule is CN=C(NCCS(=O)(=O)NCC1CCCCO1)NCc1ccccc1Cn1cccn1. The van der Waals surface area contributed by atoms with Crippen LogP contribution in [0.25, 0.3) is 0 Å². The van der Waals surface area contributed by atoms with Crippen LogP contribution in [0.3, 0.4) is 0 Å². The smallest absolute Gasteiger partial charge is 0.213 e. The van der Waals surface area contributed by atoms with Gasteiger partial charge in [0.25, 0.3) is 0 Å². The molecule has 3 N–H and O–H groups in total. The van der Waals surface area contributed by atoms with Gasteiger partial charge in [0.15, 0.2) is 5.96 Å². The number of nitrogens with one attached hydrogen (secondary N) is 3. The molecule has 0 aliphatic carbocycles. The topological polar surface area (TPSA) is 110 Å². The predicted molar refractivity (Wildman–Crippen MR) is 121 cm³/mol. The van der Waals surface area contributed by atoms with Gasteiger partial charge in [-0.05, 0) is 36.5 Å². The molecule has 2 heterocycles. The summed E-state index contributed by atoms with van der Waals surface area (Å²) in [6, 6.07) is 10.0. The maximum Gasteiger partial charge on any atom is 0.213 e. The summed E-state index contributed by atoms with van der Waals surface area (Å²) < 4.78 is 34.6. The van der Waals surface area contributed by atoms with Gasteiger partial charge in [-0.2, -0.15) is 5.10 Å². The molecule has 1 fully saturated rings. The highest BCUT2D eigenvalue weighted by Crippen LogP contribution is 2.12. The highest BCUT2D eigenvalue weighted by Gasteiger charge is 2.17. The van der Waals surface area contributed by atoms with Crippen molar-refractivity contribution in [2.45, 2.75) is 38.5 Å². The van der Waals surface area contributed by atoms with Crippen molar-refractivity contribution in [3.63, 3.8) is 0 Å². The van der Waals surface area contributed by atoms with Crippen LogP contribution < -0.4 is 15.4 Å². The van der Waals surface area contributed by atoms with Crippen molar-refractivity contribution in [2.75, 3.05) is 32.5 Å². The summed E-state index contributed by atoms with van der Waals surface area (Å²) in [6.45, 7) is 2.56. The van der Waals surface area contributed by atoms with Gasteiger partial charge in [0, 0.05) is 45.7 Å². The fraction of sp³-hybridized carbons (Fsp3) is 0.524. The summed E-state index contributed by atoms with van der Waals surface area (Å²) in [6.07, 6.45) is 6.71. The number of ether oxygens (including phenoxy) is 1. The highest BCUT2D eigenvalue weighted by atomic mass is 32.2. The molecule has 1 atom stereocenters. The molecule has 1 aliphatic rings. The number of guanidine groups is 1. The first-order valence-corrected chi connectivity index (χ1v) is 12.3. The Balaban J connectivity index is 1.42. The number of hydrogen-bond donors (Lipinski definition) is 3. The van der Waals surface area contributed by atoms with E-state index in [0.29, 0.717) is 32.2 Å². The number of sulfonamides is 1. The van der Waals surface area contributed by atoms with E-state index in [-0.39, 0.29) is 18.4 Å². The molecule has 0 saturated carbocycles. The monoisotopic (exact) mass is 448 g/mol. The third-order valence-electron chi connectivity index (χ3n) is 5.15. The van der Waals surface area contributed by atoms with Crippen molar-refractivity contribution < 1.29 is 13.2 Å². The minimum atomic E-state index is -3.37. The predicted octanol–water partition coefficient (Wildman–Crippen LogP) is 1.08. The Bertz CT molecular complexity index is 924. The lowest BCUT2D eigenvalue weighted by Gasteiger charge is -2.22. The molecule has 9 nitrogen and oxygen atoms in total. The summed E-state index contributed by atoms with van der Waals surface area (Å²) in [5.74, 6) is 0.524. The van der Waals surface area contributed by atoms with Crippen molar-refractivity contribution in [2.24, 2.45) is 4.99 Å². The van der Waals surface area contributed by atoms with Crippen LogP contribution >= 0.6 is 0 Å².